The Balaban J connectivity index is 0.000000444. The minimum atomic E-state index is -1.50. The number of imidazole rings is 1. The van der Waals surface area contributed by atoms with E-state index in [0.29, 0.717) is 10.1 Å². The number of halogens is 2. The summed E-state index contributed by atoms with van der Waals surface area (Å²) in [5.41, 5.74) is 1.93. The fraction of sp³-hybridized carbons (Fsp3) is 0.0833. The third kappa shape index (κ3) is 5.29. The Hall–Kier alpha value is -2.05. The van der Waals surface area contributed by atoms with Crippen molar-refractivity contribution in [2.45, 2.75) is 6.92 Å². The molecule has 0 amide bonds. The minimum Gasteiger partial charge on any atom is -0.328 e. The lowest BCUT2D eigenvalue weighted by atomic mass is 10.1. The summed E-state index contributed by atoms with van der Waals surface area (Å²) in [4.78, 5) is 12.3. The molecule has 1 aromatic carbocycles. The molecule has 0 saturated carbocycles. The van der Waals surface area contributed by atoms with Crippen molar-refractivity contribution in [1.29, 1.82) is 0 Å². The number of hydrogen-bond donors (Lipinski definition) is 1. The topological polar surface area (TPSA) is 81.2 Å². The molecular weight excluding hydrogens is 305 g/mol. The highest BCUT2D eigenvalue weighted by Crippen LogP contribution is 2.28. The molecule has 1 heterocycles. The van der Waals surface area contributed by atoms with Crippen molar-refractivity contribution in [2.24, 2.45) is 0 Å². The lowest BCUT2D eigenvalue weighted by molar-refractivity contribution is -0.742. The van der Waals surface area contributed by atoms with E-state index in [0.717, 1.165) is 11.1 Å². The number of hydrogen-bond acceptors (Lipinski definition) is 3. The number of nitrogens with zero attached hydrogens (tertiary/aromatic N) is 3. The first-order chi connectivity index (χ1) is 9.40. The largest absolute Gasteiger partial charge is 0.328 e. The normalized spacial score (nSPS) is 10.7. The molecule has 0 atom stereocenters. The van der Waals surface area contributed by atoms with Crippen LogP contribution >= 0.6 is 23.2 Å². The molecule has 2 rings (SSSR count). The average Bonchev–Trinajstić information content (AvgIpc) is 2.80. The Bertz CT molecular complexity index is 608. The summed E-state index contributed by atoms with van der Waals surface area (Å²) < 4.78 is 1.78. The molecule has 0 unspecified atom stereocenters. The molecule has 20 heavy (non-hydrogen) atoms. The van der Waals surface area contributed by atoms with Gasteiger partial charge in [-0.15, -0.1) is 10.1 Å². The lowest BCUT2D eigenvalue weighted by Gasteiger charge is -2.04. The molecule has 0 radical (unpaired) electrons. The van der Waals surface area contributed by atoms with E-state index in [9.17, 15) is 0 Å². The van der Waals surface area contributed by atoms with Crippen LogP contribution < -0.4 is 0 Å². The lowest BCUT2D eigenvalue weighted by Crippen LogP contribution is -1.85. The van der Waals surface area contributed by atoms with Crippen LogP contribution in [0.1, 0.15) is 11.1 Å². The van der Waals surface area contributed by atoms with Gasteiger partial charge in [0.1, 0.15) is 0 Å². The second-order valence-electron chi connectivity index (χ2n) is 3.71. The first kappa shape index (κ1) is 16.0. The maximum atomic E-state index is 8.36. The van der Waals surface area contributed by atoms with Crippen LogP contribution in [0.2, 0.25) is 5.02 Å². The molecule has 1 aromatic heterocycles. The Labute approximate surface area is 125 Å². The van der Waals surface area contributed by atoms with Crippen molar-refractivity contribution in [3.63, 3.8) is 0 Å². The smallest absolute Gasteiger partial charge is 0.291 e. The Morgan fingerprint density at radius 2 is 2.20 bits per heavy atom. The van der Waals surface area contributed by atoms with E-state index in [1.54, 1.807) is 23.3 Å². The van der Waals surface area contributed by atoms with Gasteiger partial charge in [0.15, 0.2) is 0 Å². The van der Waals surface area contributed by atoms with Gasteiger partial charge in [0.05, 0.1) is 11.4 Å². The Morgan fingerprint density at radius 3 is 2.70 bits per heavy atom. The summed E-state index contributed by atoms with van der Waals surface area (Å²) in [5, 5.41) is 14.9. The van der Waals surface area contributed by atoms with Gasteiger partial charge in [-0.3, -0.25) is 0 Å². The third-order valence-corrected chi connectivity index (χ3v) is 2.78. The maximum Gasteiger partial charge on any atom is 0.291 e. The average molecular weight is 316 g/mol. The zero-order chi connectivity index (χ0) is 15.1. The van der Waals surface area contributed by atoms with Crippen molar-refractivity contribution in [3.05, 3.63) is 63.2 Å². The van der Waals surface area contributed by atoms with Gasteiger partial charge in [-0.05, 0) is 18.6 Å². The minimum absolute atomic E-state index is 0.586. The van der Waals surface area contributed by atoms with Gasteiger partial charge in [-0.2, -0.15) is 0 Å². The van der Waals surface area contributed by atoms with Gasteiger partial charge in [-0.25, -0.2) is 4.98 Å². The van der Waals surface area contributed by atoms with Crippen LogP contribution in [0.25, 0.3) is 11.2 Å². The van der Waals surface area contributed by atoms with E-state index in [-0.39, 0.29) is 0 Å². The molecule has 2 aromatic rings. The molecule has 0 aliphatic carbocycles. The summed E-state index contributed by atoms with van der Waals surface area (Å²) >= 11 is 12.3. The van der Waals surface area contributed by atoms with Crippen LogP contribution in [0.3, 0.4) is 0 Å². The zero-order valence-electron chi connectivity index (χ0n) is 10.4. The molecule has 0 aliphatic heterocycles. The zero-order valence-corrected chi connectivity index (χ0v) is 11.9. The van der Waals surface area contributed by atoms with Crippen LogP contribution in [0.4, 0.5) is 0 Å². The fourth-order valence-corrected chi connectivity index (χ4v) is 2.02. The van der Waals surface area contributed by atoms with E-state index in [1.165, 1.54) is 0 Å². The Kier molecular flexibility index (Phi) is 6.02. The first-order valence-electron chi connectivity index (χ1n) is 5.34. The van der Waals surface area contributed by atoms with E-state index >= 15 is 0 Å². The van der Waals surface area contributed by atoms with E-state index < -0.39 is 5.09 Å². The van der Waals surface area contributed by atoms with Gasteiger partial charge in [-0.1, -0.05) is 35.3 Å². The van der Waals surface area contributed by atoms with Gasteiger partial charge < -0.3 is 9.77 Å². The number of aromatic nitrogens is 2. The van der Waals surface area contributed by atoms with Crippen LogP contribution in [-0.4, -0.2) is 19.8 Å². The molecule has 0 saturated heterocycles. The SMILES string of the molecule is Cc1ccc(C(Cl)=Cn2ccnc2)c(Cl)c1.O=[N+]([O-])O. The standard InChI is InChI=1S/C12H10Cl2N2.HNO3/c1-9-2-3-10(11(13)6-9)12(14)7-16-5-4-15-8-16;2-1(3)4/h2-8H,1H3;(H,2,3,4). The molecular formula is C12H11Cl2N3O3. The van der Waals surface area contributed by atoms with Crippen molar-refractivity contribution in [2.75, 3.05) is 0 Å². The molecule has 0 spiro atoms. The quantitative estimate of drug-likeness (QED) is 0.676. The molecule has 0 aliphatic rings. The van der Waals surface area contributed by atoms with Crippen LogP contribution in [0, 0.1) is 17.0 Å². The van der Waals surface area contributed by atoms with Crippen molar-refractivity contribution in [3.8, 4) is 0 Å². The van der Waals surface area contributed by atoms with Crippen LogP contribution in [0.5, 0.6) is 0 Å². The second kappa shape index (κ2) is 7.52. The summed E-state index contributed by atoms with van der Waals surface area (Å²) in [5.74, 6) is 0. The predicted molar refractivity (Wildman–Crippen MR) is 77.2 cm³/mol. The van der Waals surface area contributed by atoms with Gasteiger partial charge in [0, 0.05) is 29.2 Å². The number of rotatable bonds is 2. The number of benzene rings is 1. The Morgan fingerprint density at radius 1 is 1.55 bits per heavy atom. The van der Waals surface area contributed by atoms with Crippen LogP contribution in [-0.2, 0) is 0 Å². The molecule has 106 valence electrons. The van der Waals surface area contributed by atoms with Crippen molar-refractivity contribution >= 4 is 34.4 Å². The maximum absolute atomic E-state index is 8.36. The van der Waals surface area contributed by atoms with E-state index in [4.69, 9.17) is 38.5 Å². The third-order valence-electron chi connectivity index (χ3n) is 2.17. The number of aryl methyl sites for hydroxylation is 1. The van der Waals surface area contributed by atoms with Crippen molar-refractivity contribution < 1.29 is 10.3 Å². The molecule has 0 bridgehead atoms. The highest BCUT2D eigenvalue weighted by atomic mass is 35.5. The summed E-state index contributed by atoms with van der Waals surface area (Å²) in [6.07, 6.45) is 6.94. The van der Waals surface area contributed by atoms with Gasteiger partial charge in [0.2, 0.25) is 0 Å². The predicted octanol–water partition coefficient (Wildman–Crippen LogP) is 3.69. The highest BCUT2D eigenvalue weighted by molar-refractivity contribution is 6.52. The molecule has 6 nitrogen and oxygen atoms in total. The highest BCUT2D eigenvalue weighted by Gasteiger charge is 2.04. The van der Waals surface area contributed by atoms with E-state index in [2.05, 4.69) is 4.98 Å². The summed E-state index contributed by atoms with van der Waals surface area (Å²) in [6.45, 7) is 1.99. The van der Waals surface area contributed by atoms with Crippen molar-refractivity contribution in [1.82, 2.24) is 9.55 Å². The second-order valence-corrected chi connectivity index (χ2v) is 4.52. The molecule has 1 N–H and O–H groups in total. The van der Waals surface area contributed by atoms with Gasteiger partial charge in [0.25, 0.3) is 5.09 Å². The molecule has 8 heteroatoms. The van der Waals surface area contributed by atoms with Gasteiger partial charge >= 0.3 is 0 Å². The van der Waals surface area contributed by atoms with Crippen LogP contribution in [0.15, 0.2) is 36.9 Å². The fourth-order valence-electron chi connectivity index (χ4n) is 1.36. The summed E-state index contributed by atoms with van der Waals surface area (Å²) in [6, 6.07) is 5.78. The molecule has 0 fully saturated rings. The van der Waals surface area contributed by atoms with E-state index in [1.807, 2.05) is 31.3 Å². The summed E-state index contributed by atoms with van der Waals surface area (Å²) in [7, 11) is 0. The monoisotopic (exact) mass is 315 g/mol. The first-order valence-corrected chi connectivity index (χ1v) is 6.10.